The molecule has 1 aliphatic carbocycles. The van der Waals surface area contributed by atoms with Crippen LogP contribution >= 0.6 is 0 Å². The molecule has 1 fully saturated rings. The fourth-order valence-corrected chi connectivity index (χ4v) is 6.00. The summed E-state index contributed by atoms with van der Waals surface area (Å²) in [7, 11) is 1.37. The van der Waals surface area contributed by atoms with Crippen LogP contribution in [0.2, 0.25) is 0 Å². The van der Waals surface area contributed by atoms with Gasteiger partial charge in [-0.25, -0.2) is 0 Å². The molecule has 5 atom stereocenters. The predicted molar refractivity (Wildman–Crippen MR) is 172 cm³/mol. The Bertz CT molecular complexity index is 1220. The van der Waals surface area contributed by atoms with Crippen molar-refractivity contribution in [2.24, 2.45) is 17.8 Å². The van der Waals surface area contributed by atoms with E-state index in [0.717, 1.165) is 34.3 Å². The lowest BCUT2D eigenvalue weighted by Gasteiger charge is -2.42. The Kier molecular flexibility index (Phi) is 16.8. The van der Waals surface area contributed by atoms with E-state index in [0.29, 0.717) is 32.4 Å². The number of nitrogens with zero attached hydrogens (tertiary/aromatic N) is 2. The number of rotatable bonds is 3. The molecule has 7 heteroatoms. The number of aliphatic hydroxyl groups excluding tert-OH is 1. The molecule has 0 radical (unpaired) electrons. The first kappa shape index (κ1) is 39.6. The number of nitrogens with one attached hydrogen (secondary N) is 1. The van der Waals surface area contributed by atoms with Crippen molar-refractivity contribution < 1.29 is 19.4 Å². The molecule has 1 aliphatic heterocycles. The Balaban J connectivity index is 0. The van der Waals surface area contributed by atoms with Gasteiger partial charge in [-0.05, 0) is 61.3 Å². The number of aromatic nitrogens is 1. The zero-order valence-corrected chi connectivity index (χ0v) is 19.9. The van der Waals surface area contributed by atoms with Gasteiger partial charge in [-0.1, -0.05) is 81.0 Å². The number of ether oxygens (including phenoxy) is 2. The first-order chi connectivity index (χ1) is 17.1. The molecule has 0 spiro atoms. The summed E-state index contributed by atoms with van der Waals surface area (Å²) in [5.41, 5.74) is 3.12. The number of hydrogen-bond acceptors (Lipinski definition) is 6. The largest absolute Gasteiger partial charge is 0.484 e. The van der Waals surface area contributed by atoms with Gasteiger partial charge in [-0.15, -0.1) is 0 Å². The molecule has 0 unspecified atom stereocenters. The molecule has 0 bridgehead atoms. The summed E-state index contributed by atoms with van der Waals surface area (Å²) in [6, 6.07) is 17.9. The fraction of sp³-hybridized carbons (Fsp3) is 0.529. The first-order valence-corrected chi connectivity index (χ1v) is 12.3. The highest BCUT2D eigenvalue weighted by molar-refractivity contribution is 5.85. The number of para-hydroxylation sites is 2. The number of fused-ring (bicyclic) bond motifs is 4. The van der Waals surface area contributed by atoms with E-state index >= 15 is 0 Å². The van der Waals surface area contributed by atoms with Crippen molar-refractivity contribution in [3.63, 3.8) is 0 Å². The lowest BCUT2D eigenvalue weighted by atomic mass is 9.67. The van der Waals surface area contributed by atoms with Gasteiger partial charge < -0.3 is 24.5 Å². The maximum absolute atomic E-state index is 12.9. The van der Waals surface area contributed by atoms with E-state index in [-0.39, 0.29) is 62.5 Å². The summed E-state index contributed by atoms with van der Waals surface area (Å²) < 4.78 is 11.7. The van der Waals surface area contributed by atoms with Gasteiger partial charge in [0, 0.05) is 24.0 Å². The number of esters is 1. The Morgan fingerprint density at radius 3 is 2.32 bits per heavy atom. The van der Waals surface area contributed by atoms with Gasteiger partial charge >= 0.3 is 5.97 Å². The van der Waals surface area contributed by atoms with Crippen molar-refractivity contribution >= 4 is 16.9 Å². The number of H-pyrrole nitrogens is 1. The van der Waals surface area contributed by atoms with Crippen molar-refractivity contribution in [3.8, 4) is 11.9 Å². The van der Waals surface area contributed by atoms with Crippen molar-refractivity contribution in [2.45, 2.75) is 82.5 Å². The number of methoxy groups -OCH3 is 1. The van der Waals surface area contributed by atoms with Crippen LogP contribution in [0.5, 0.6) is 5.75 Å². The molecule has 1 saturated carbocycles. The third-order valence-corrected chi connectivity index (χ3v) is 7.69. The lowest BCUT2D eigenvalue weighted by molar-refractivity contribution is -0.157. The molecule has 1 aromatic heterocycles. The zero-order valence-electron chi connectivity index (χ0n) is 19.9. The molecule has 2 aromatic carbocycles. The van der Waals surface area contributed by atoms with E-state index < -0.39 is 18.0 Å². The molecule has 41 heavy (non-hydrogen) atoms. The molecule has 2 aliphatic rings. The molecule has 5 rings (SSSR count). The number of carbonyl (C=O) groups is 1. The van der Waals surface area contributed by atoms with Crippen LogP contribution in [0.25, 0.3) is 10.9 Å². The minimum absolute atomic E-state index is 0. The third kappa shape index (κ3) is 8.04. The highest BCUT2D eigenvalue weighted by Crippen LogP contribution is 2.44. The fourth-order valence-electron chi connectivity index (χ4n) is 6.00. The van der Waals surface area contributed by atoms with E-state index in [1.165, 1.54) is 7.11 Å². The van der Waals surface area contributed by atoms with Crippen LogP contribution in [0.3, 0.4) is 0 Å². The van der Waals surface area contributed by atoms with E-state index in [1.807, 2.05) is 48.5 Å². The van der Waals surface area contributed by atoms with Crippen LogP contribution in [0, 0.1) is 29.2 Å². The van der Waals surface area contributed by atoms with Gasteiger partial charge in [0.1, 0.15) is 11.9 Å². The number of carbonyl (C=O) groups excluding carboxylic acids is 1. The van der Waals surface area contributed by atoms with E-state index in [1.54, 1.807) is 4.90 Å². The van der Waals surface area contributed by atoms with Crippen molar-refractivity contribution in [3.05, 3.63) is 65.9 Å². The Morgan fingerprint density at radius 2 is 1.66 bits per heavy atom. The highest BCUT2D eigenvalue weighted by atomic mass is 16.5. The van der Waals surface area contributed by atoms with Crippen molar-refractivity contribution in [1.29, 1.82) is 5.26 Å². The zero-order chi connectivity index (χ0) is 24.4. The van der Waals surface area contributed by atoms with E-state index in [4.69, 9.17) is 9.47 Å². The summed E-state index contributed by atoms with van der Waals surface area (Å²) in [6.45, 7) is 1.13. The summed E-state index contributed by atoms with van der Waals surface area (Å²) in [5.74, 6) is -0.445. The number of aromatic amines is 1. The molecule has 230 valence electrons. The number of aliphatic hydroxyl groups is 1. The smallest absolute Gasteiger partial charge is 0.311 e. The maximum Gasteiger partial charge on any atom is 0.311 e. The second kappa shape index (κ2) is 17.3. The van der Waals surface area contributed by atoms with Crippen molar-refractivity contribution in [2.75, 3.05) is 20.2 Å². The monoisotopic (exact) mass is 569 g/mol. The quantitative estimate of drug-likeness (QED) is 0.245. The van der Waals surface area contributed by atoms with Crippen LogP contribution < -0.4 is 4.74 Å². The molecule has 3 aromatic rings. The van der Waals surface area contributed by atoms with E-state index in [2.05, 4.69) is 17.2 Å². The SMILES string of the molecule is C.C.C.C.C.C.COC(=O)[C@@H]1[C@H]2C[C@@H](Oc3ccccc3)c3[nH]c4ccccc4c3CCN(C#N)C[C@@H]2CC[C@@H]1O. The molecule has 7 nitrogen and oxygen atoms in total. The van der Waals surface area contributed by atoms with Gasteiger partial charge in [0.05, 0.1) is 24.8 Å². The van der Waals surface area contributed by atoms with Crippen LogP contribution in [0.15, 0.2) is 54.6 Å². The molecule has 0 saturated heterocycles. The average molecular weight is 570 g/mol. The molecular weight excluding hydrogens is 514 g/mol. The number of nitriles is 1. The van der Waals surface area contributed by atoms with Crippen LogP contribution in [-0.2, 0) is 16.0 Å². The molecule has 2 heterocycles. The lowest BCUT2D eigenvalue weighted by Crippen LogP contribution is -2.47. The molecular formula is C34H55N3O4. The normalized spacial score (nSPS) is 22.9. The summed E-state index contributed by atoms with van der Waals surface area (Å²) in [6.07, 6.45) is 3.73. The number of benzene rings is 2. The van der Waals surface area contributed by atoms with Crippen molar-refractivity contribution in [1.82, 2.24) is 9.88 Å². The van der Waals surface area contributed by atoms with Gasteiger partial charge in [-0.3, -0.25) is 4.79 Å². The topological polar surface area (TPSA) is 98.6 Å². The maximum atomic E-state index is 12.9. The van der Waals surface area contributed by atoms with Crippen LogP contribution in [0.1, 0.15) is 81.2 Å². The molecule has 2 N–H and O–H groups in total. The summed E-state index contributed by atoms with van der Waals surface area (Å²) in [4.78, 5) is 18.3. The second-order valence-corrected chi connectivity index (χ2v) is 9.63. The highest BCUT2D eigenvalue weighted by Gasteiger charge is 2.46. The Morgan fingerprint density at radius 1 is 1.00 bits per heavy atom. The average Bonchev–Trinajstić information content (AvgIpc) is 3.26. The Hall–Kier alpha value is -3.50. The van der Waals surface area contributed by atoms with Gasteiger partial charge in [0.2, 0.25) is 0 Å². The predicted octanol–water partition coefficient (Wildman–Crippen LogP) is 8.01. The number of hydrogen-bond donors (Lipinski definition) is 2. The molecule has 0 amide bonds. The van der Waals surface area contributed by atoms with Crippen LogP contribution in [-0.4, -0.2) is 47.3 Å². The standard InChI is InChI=1S/C28H31N3O4.6CH4/c1-34-28(33)26-22-15-25(35-19-7-3-2-4-8-19)27-21(20-9-5-6-10-23(20)30-27)13-14-31(17-29)16-18(22)11-12-24(26)32;;;;;;/h2-10,18,22,24-26,30,32H,11-16H2,1H3;6*1H4/t18-,22-,24-,25+,26+;;;;;;/m0....../s1. The minimum Gasteiger partial charge on any atom is -0.484 e. The van der Waals surface area contributed by atoms with Crippen LogP contribution in [0.4, 0.5) is 0 Å². The Labute approximate surface area is 249 Å². The minimum atomic E-state index is -0.776. The van der Waals surface area contributed by atoms with Gasteiger partial charge in [0.15, 0.2) is 6.19 Å². The van der Waals surface area contributed by atoms with E-state index in [9.17, 15) is 15.2 Å². The summed E-state index contributed by atoms with van der Waals surface area (Å²) in [5, 5.41) is 21.9. The first-order valence-electron chi connectivity index (χ1n) is 12.3. The van der Waals surface area contributed by atoms with Gasteiger partial charge in [0.25, 0.3) is 0 Å². The second-order valence-electron chi connectivity index (χ2n) is 9.63. The third-order valence-electron chi connectivity index (χ3n) is 7.69. The summed E-state index contributed by atoms with van der Waals surface area (Å²) >= 11 is 0. The van der Waals surface area contributed by atoms with Gasteiger partial charge in [-0.2, -0.15) is 5.26 Å².